The van der Waals surface area contributed by atoms with Crippen molar-refractivity contribution in [2.45, 2.75) is 11.8 Å². The van der Waals surface area contributed by atoms with Crippen LogP contribution in [0.4, 0.5) is 0 Å². The van der Waals surface area contributed by atoms with Gasteiger partial charge in [0.2, 0.25) is 0 Å². The quantitative estimate of drug-likeness (QED) is 0.870. The van der Waals surface area contributed by atoms with Crippen molar-refractivity contribution in [2.24, 2.45) is 0 Å². The van der Waals surface area contributed by atoms with Gasteiger partial charge >= 0.3 is 0 Å². The van der Waals surface area contributed by atoms with E-state index in [0.717, 1.165) is 11.8 Å². The molecule has 0 radical (unpaired) electrons. The molecular weight excluding hydrogens is 274 g/mol. The van der Waals surface area contributed by atoms with E-state index >= 15 is 0 Å². The molecular formula is C15H13NO3S. The normalized spacial score (nSPS) is 10.8. The van der Waals surface area contributed by atoms with E-state index in [4.69, 9.17) is 10.00 Å². The van der Waals surface area contributed by atoms with E-state index in [0.29, 0.717) is 17.1 Å². The molecule has 102 valence electrons. The van der Waals surface area contributed by atoms with Crippen LogP contribution in [0.3, 0.4) is 0 Å². The molecule has 0 amide bonds. The van der Waals surface area contributed by atoms with Gasteiger partial charge in [0.15, 0.2) is 9.84 Å². The van der Waals surface area contributed by atoms with Crippen molar-refractivity contribution in [3.63, 3.8) is 0 Å². The number of ether oxygens (including phenoxy) is 1. The molecule has 0 spiro atoms. The first kappa shape index (κ1) is 14.1. The molecule has 0 heterocycles. The van der Waals surface area contributed by atoms with E-state index in [2.05, 4.69) is 6.07 Å². The molecule has 2 rings (SSSR count). The lowest BCUT2D eigenvalue weighted by Crippen LogP contribution is -1.96. The molecule has 2 aromatic carbocycles. The van der Waals surface area contributed by atoms with Gasteiger partial charge in [-0.15, -0.1) is 0 Å². The Labute approximate surface area is 118 Å². The molecule has 0 aromatic heterocycles. The first-order valence-electron chi connectivity index (χ1n) is 5.89. The summed E-state index contributed by atoms with van der Waals surface area (Å²) < 4.78 is 28.3. The number of hydrogen-bond donors (Lipinski definition) is 0. The molecule has 0 aliphatic carbocycles. The minimum Gasteiger partial charge on any atom is -0.456 e. The van der Waals surface area contributed by atoms with E-state index < -0.39 is 9.84 Å². The predicted octanol–water partition coefficient (Wildman–Crippen LogP) is 3.06. The highest BCUT2D eigenvalue weighted by molar-refractivity contribution is 7.90. The highest BCUT2D eigenvalue weighted by atomic mass is 32.2. The van der Waals surface area contributed by atoms with E-state index in [1.165, 1.54) is 12.1 Å². The number of rotatable bonds is 3. The van der Waals surface area contributed by atoms with Crippen molar-refractivity contribution in [1.29, 1.82) is 5.26 Å². The van der Waals surface area contributed by atoms with Gasteiger partial charge in [0, 0.05) is 6.26 Å². The van der Waals surface area contributed by atoms with Crippen molar-refractivity contribution in [1.82, 2.24) is 0 Å². The van der Waals surface area contributed by atoms with Gasteiger partial charge in [-0.05, 0) is 48.9 Å². The van der Waals surface area contributed by atoms with Crippen LogP contribution in [-0.4, -0.2) is 14.7 Å². The topological polar surface area (TPSA) is 67.2 Å². The Bertz CT molecular complexity index is 772. The van der Waals surface area contributed by atoms with Crippen LogP contribution in [0.15, 0.2) is 47.4 Å². The van der Waals surface area contributed by atoms with Gasteiger partial charge in [-0.25, -0.2) is 8.42 Å². The average Bonchev–Trinajstić information content (AvgIpc) is 2.40. The SMILES string of the molecule is Cc1ccc(Oc2ccc(S(C)(=O)=O)cc2)c(C#N)c1. The first-order chi connectivity index (χ1) is 9.40. The van der Waals surface area contributed by atoms with Gasteiger partial charge in [-0.2, -0.15) is 5.26 Å². The summed E-state index contributed by atoms with van der Waals surface area (Å²) in [6, 6.07) is 13.5. The third-order valence-electron chi connectivity index (χ3n) is 2.74. The van der Waals surface area contributed by atoms with Gasteiger partial charge in [0.05, 0.1) is 10.5 Å². The monoisotopic (exact) mass is 287 g/mol. The zero-order valence-electron chi connectivity index (χ0n) is 11.1. The Kier molecular flexibility index (Phi) is 3.77. The molecule has 2 aromatic rings. The van der Waals surface area contributed by atoms with Gasteiger partial charge in [-0.1, -0.05) is 6.07 Å². The summed E-state index contributed by atoms with van der Waals surface area (Å²) in [4.78, 5) is 0.231. The number of nitrogens with zero attached hydrogens (tertiary/aromatic N) is 1. The molecule has 0 aliphatic heterocycles. The van der Waals surface area contributed by atoms with Crippen molar-refractivity contribution in [3.05, 3.63) is 53.6 Å². The maximum absolute atomic E-state index is 11.4. The summed E-state index contributed by atoms with van der Waals surface area (Å²) in [6.45, 7) is 1.89. The molecule has 5 heteroatoms. The van der Waals surface area contributed by atoms with Crippen molar-refractivity contribution in [3.8, 4) is 17.6 Å². The number of benzene rings is 2. The second-order valence-electron chi connectivity index (χ2n) is 4.46. The standard InChI is InChI=1S/C15H13NO3S/c1-11-3-8-15(12(9-11)10-16)19-13-4-6-14(7-5-13)20(2,17)18/h3-9H,1-2H3. The fourth-order valence-electron chi connectivity index (χ4n) is 1.70. The van der Waals surface area contributed by atoms with Crippen LogP contribution in [0.2, 0.25) is 0 Å². The molecule has 0 atom stereocenters. The minimum absolute atomic E-state index is 0.231. The van der Waals surface area contributed by atoms with E-state index in [9.17, 15) is 8.42 Å². The van der Waals surface area contributed by atoms with Gasteiger partial charge < -0.3 is 4.74 Å². The summed E-state index contributed by atoms with van der Waals surface area (Å²) in [5.74, 6) is 0.933. The van der Waals surface area contributed by atoms with Gasteiger partial charge in [-0.3, -0.25) is 0 Å². The molecule has 20 heavy (non-hydrogen) atoms. The van der Waals surface area contributed by atoms with Crippen LogP contribution in [0.1, 0.15) is 11.1 Å². The van der Waals surface area contributed by atoms with Crippen molar-refractivity contribution in [2.75, 3.05) is 6.26 Å². The Balaban J connectivity index is 2.30. The number of aryl methyl sites for hydroxylation is 1. The zero-order valence-corrected chi connectivity index (χ0v) is 11.9. The lowest BCUT2D eigenvalue weighted by Gasteiger charge is -2.08. The Hall–Kier alpha value is -2.32. The molecule has 0 fully saturated rings. The predicted molar refractivity (Wildman–Crippen MR) is 75.5 cm³/mol. The van der Waals surface area contributed by atoms with Crippen LogP contribution in [-0.2, 0) is 9.84 Å². The first-order valence-corrected chi connectivity index (χ1v) is 7.78. The lowest BCUT2D eigenvalue weighted by atomic mass is 10.1. The third-order valence-corrected chi connectivity index (χ3v) is 3.86. The van der Waals surface area contributed by atoms with Crippen molar-refractivity contribution < 1.29 is 13.2 Å². The average molecular weight is 287 g/mol. The smallest absolute Gasteiger partial charge is 0.175 e. The van der Waals surface area contributed by atoms with Crippen molar-refractivity contribution >= 4 is 9.84 Å². The van der Waals surface area contributed by atoms with E-state index in [1.54, 1.807) is 24.3 Å². The van der Waals surface area contributed by atoms with Crippen LogP contribution >= 0.6 is 0 Å². The van der Waals surface area contributed by atoms with Gasteiger partial charge in [0.25, 0.3) is 0 Å². The number of hydrogen-bond acceptors (Lipinski definition) is 4. The highest BCUT2D eigenvalue weighted by Gasteiger charge is 2.08. The minimum atomic E-state index is -3.22. The molecule has 0 saturated carbocycles. The maximum atomic E-state index is 11.4. The second kappa shape index (κ2) is 5.35. The molecule has 4 nitrogen and oxygen atoms in total. The summed E-state index contributed by atoms with van der Waals surface area (Å²) in [7, 11) is -3.22. The zero-order chi connectivity index (χ0) is 14.8. The van der Waals surface area contributed by atoms with E-state index in [-0.39, 0.29) is 4.90 Å². The maximum Gasteiger partial charge on any atom is 0.175 e. The van der Waals surface area contributed by atoms with Gasteiger partial charge in [0.1, 0.15) is 17.6 Å². The molecule has 0 N–H and O–H groups in total. The Morgan fingerprint density at radius 2 is 1.75 bits per heavy atom. The van der Waals surface area contributed by atoms with Crippen LogP contribution in [0.5, 0.6) is 11.5 Å². The fourth-order valence-corrected chi connectivity index (χ4v) is 2.33. The summed E-state index contributed by atoms with van der Waals surface area (Å²) in [5.41, 5.74) is 1.42. The fraction of sp³-hybridized carbons (Fsp3) is 0.133. The second-order valence-corrected chi connectivity index (χ2v) is 6.47. The molecule has 0 saturated heterocycles. The molecule has 0 aliphatic rings. The third kappa shape index (κ3) is 3.16. The summed E-state index contributed by atoms with van der Waals surface area (Å²) in [6.07, 6.45) is 1.15. The Morgan fingerprint density at radius 3 is 2.30 bits per heavy atom. The number of nitriles is 1. The molecule has 0 unspecified atom stereocenters. The lowest BCUT2D eigenvalue weighted by molar-refractivity contribution is 0.480. The Morgan fingerprint density at radius 1 is 1.10 bits per heavy atom. The molecule has 0 bridgehead atoms. The number of sulfone groups is 1. The largest absolute Gasteiger partial charge is 0.456 e. The van der Waals surface area contributed by atoms with Crippen LogP contribution < -0.4 is 4.74 Å². The summed E-state index contributed by atoms with van der Waals surface area (Å²) >= 11 is 0. The van der Waals surface area contributed by atoms with Crippen LogP contribution in [0, 0.1) is 18.3 Å². The van der Waals surface area contributed by atoms with Crippen LogP contribution in [0.25, 0.3) is 0 Å². The summed E-state index contributed by atoms with van der Waals surface area (Å²) in [5, 5.41) is 9.06. The highest BCUT2D eigenvalue weighted by Crippen LogP contribution is 2.26. The van der Waals surface area contributed by atoms with E-state index in [1.807, 2.05) is 13.0 Å².